The zero-order chi connectivity index (χ0) is 8.55. The molecule has 1 radical (unpaired) electrons. The SMILES string of the molecule is COc1ccc2c(c1)[N]C(C)=N2. The van der Waals surface area contributed by atoms with Gasteiger partial charge in [-0.2, -0.15) is 0 Å². The number of aliphatic imine (C=N–C) groups is 1. The fraction of sp³-hybridized carbons (Fsp3) is 0.222. The van der Waals surface area contributed by atoms with E-state index in [9.17, 15) is 0 Å². The fourth-order valence-electron chi connectivity index (χ4n) is 1.19. The zero-order valence-corrected chi connectivity index (χ0v) is 7.03. The number of amidine groups is 1. The number of hydrogen-bond donors (Lipinski definition) is 0. The van der Waals surface area contributed by atoms with Crippen LogP contribution in [-0.4, -0.2) is 12.9 Å². The molecule has 0 aromatic heterocycles. The molecule has 2 rings (SSSR count). The molecule has 1 heterocycles. The highest BCUT2D eigenvalue weighted by molar-refractivity contribution is 5.94. The van der Waals surface area contributed by atoms with Crippen LogP contribution in [0.3, 0.4) is 0 Å². The highest BCUT2D eigenvalue weighted by Gasteiger charge is 2.12. The van der Waals surface area contributed by atoms with E-state index in [-0.39, 0.29) is 0 Å². The molecule has 3 nitrogen and oxygen atoms in total. The molecule has 1 aromatic carbocycles. The second-order valence-corrected chi connectivity index (χ2v) is 2.63. The van der Waals surface area contributed by atoms with Crippen molar-refractivity contribution >= 4 is 17.2 Å². The lowest BCUT2D eigenvalue weighted by Gasteiger charge is -2.00. The Morgan fingerprint density at radius 3 is 2.83 bits per heavy atom. The summed E-state index contributed by atoms with van der Waals surface area (Å²) in [6.45, 7) is 1.88. The Bertz CT molecular complexity index is 344. The number of fused-ring (bicyclic) bond motifs is 1. The Labute approximate surface area is 71.1 Å². The first-order chi connectivity index (χ1) is 5.79. The van der Waals surface area contributed by atoms with E-state index in [0.717, 1.165) is 23.0 Å². The van der Waals surface area contributed by atoms with Gasteiger partial charge in [-0.25, -0.2) is 10.3 Å². The van der Waals surface area contributed by atoms with Gasteiger partial charge in [0, 0.05) is 6.07 Å². The number of benzene rings is 1. The average molecular weight is 161 g/mol. The maximum absolute atomic E-state index is 5.06. The molecule has 1 aromatic rings. The number of ether oxygens (including phenoxy) is 1. The van der Waals surface area contributed by atoms with Crippen molar-refractivity contribution in [1.82, 2.24) is 5.32 Å². The van der Waals surface area contributed by atoms with Gasteiger partial charge in [-0.15, -0.1) is 0 Å². The monoisotopic (exact) mass is 161 g/mol. The molecule has 0 saturated heterocycles. The van der Waals surface area contributed by atoms with E-state index in [4.69, 9.17) is 4.74 Å². The van der Waals surface area contributed by atoms with E-state index < -0.39 is 0 Å². The molecule has 0 saturated carbocycles. The topological polar surface area (TPSA) is 35.7 Å². The van der Waals surface area contributed by atoms with Crippen LogP contribution in [0.1, 0.15) is 6.92 Å². The Morgan fingerprint density at radius 2 is 2.08 bits per heavy atom. The molecular formula is C9H9N2O. The molecule has 0 unspecified atom stereocenters. The third kappa shape index (κ3) is 1.03. The number of rotatable bonds is 1. The molecular weight excluding hydrogens is 152 g/mol. The summed E-state index contributed by atoms with van der Waals surface area (Å²) in [7, 11) is 1.64. The first kappa shape index (κ1) is 7.16. The maximum Gasteiger partial charge on any atom is 0.126 e. The minimum atomic E-state index is 0.804. The number of nitrogens with zero attached hydrogens (tertiary/aromatic N) is 2. The number of hydrogen-bond acceptors (Lipinski definition) is 2. The van der Waals surface area contributed by atoms with Crippen molar-refractivity contribution in [2.24, 2.45) is 4.99 Å². The van der Waals surface area contributed by atoms with Gasteiger partial charge in [0.25, 0.3) is 0 Å². The molecule has 0 N–H and O–H groups in total. The van der Waals surface area contributed by atoms with Crippen LogP contribution in [0.4, 0.5) is 11.4 Å². The highest BCUT2D eigenvalue weighted by atomic mass is 16.5. The fourth-order valence-corrected chi connectivity index (χ4v) is 1.19. The van der Waals surface area contributed by atoms with Crippen molar-refractivity contribution in [2.45, 2.75) is 6.92 Å². The Hall–Kier alpha value is -1.51. The van der Waals surface area contributed by atoms with E-state index in [1.54, 1.807) is 7.11 Å². The Kier molecular flexibility index (Phi) is 1.50. The predicted molar refractivity (Wildman–Crippen MR) is 47.6 cm³/mol. The van der Waals surface area contributed by atoms with Crippen molar-refractivity contribution in [3.8, 4) is 5.75 Å². The smallest absolute Gasteiger partial charge is 0.126 e. The molecule has 3 heteroatoms. The summed E-state index contributed by atoms with van der Waals surface area (Å²) in [6, 6.07) is 5.68. The summed E-state index contributed by atoms with van der Waals surface area (Å²) in [6.07, 6.45) is 0. The van der Waals surface area contributed by atoms with E-state index in [2.05, 4.69) is 10.3 Å². The molecule has 0 spiro atoms. The molecule has 0 bridgehead atoms. The first-order valence-electron chi connectivity index (χ1n) is 3.74. The van der Waals surface area contributed by atoms with E-state index in [0.29, 0.717) is 0 Å². The van der Waals surface area contributed by atoms with Crippen molar-refractivity contribution in [2.75, 3.05) is 7.11 Å². The van der Waals surface area contributed by atoms with Crippen LogP contribution in [0, 0.1) is 0 Å². The van der Waals surface area contributed by atoms with Gasteiger partial charge >= 0.3 is 0 Å². The third-order valence-electron chi connectivity index (χ3n) is 1.75. The van der Waals surface area contributed by atoms with E-state index in [1.807, 2.05) is 25.1 Å². The van der Waals surface area contributed by atoms with Crippen LogP contribution in [0.2, 0.25) is 0 Å². The minimum absolute atomic E-state index is 0.804. The molecule has 0 fully saturated rings. The van der Waals surface area contributed by atoms with Crippen molar-refractivity contribution in [3.05, 3.63) is 18.2 Å². The summed E-state index contributed by atoms with van der Waals surface area (Å²) in [5.74, 6) is 1.63. The van der Waals surface area contributed by atoms with Crippen LogP contribution in [0.25, 0.3) is 0 Å². The average Bonchev–Trinajstić information content (AvgIpc) is 2.43. The molecule has 0 atom stereocenters. The van der Waals surface area contributed by atoms with E-state index >= 15 is 0 Å². The predicted octanol–water partition coefficient (Wildman–Crippen LogP) is 1.99. The summed E-state index contributed by atoms with van der Waals surface area (Å²) >= 11 is 0. The minimum Gasteiger partial charge on any atom is -0.497 e. The lowest BCUT2D eigenvalue weighted by Crippen LogP contribution is -1.98. The Balaban J connectivity index is 2.42. The van der Waals surface area contributed by atoms with Gasteiger partial charge in [0.1, 0.15) is 11.6 Å². The number of methoxy groups -OCH3 is 1. The van der Waals surface area contributed by atoms with Gasteiger partial charge < -0.3 is 4.74 Å². The lowest BCUT2D eigenvalue weighted by atomic mass is 10.2. The van der Waals surface area contributed by atoms with Crippen LogP contribution in [0.5, 0.6) is 5.75 Å². The van der Waals surface area contributed by atoms with Gasteiger partial charge in [-0.1, -0.05) is 0 Å². The summed E-state index contributed by atoms with van der Waals surface area (Å²) in [4.78, 5) is 4.22. The molecule has 1 aliphatic heterocycles. The van der Waals surface area contributed by atoms with Crippen LogP contribution in [0.15, 0.2) is 23.2 Å². The third-order valence-corrected chi connectivity index (χ3v) is 1.75. The quantitative estimate of drug-likeness (QED) is 0.620. The zero-order valence-electron chi connectivity index (χ0n) is 7.03. The van der Waals surface area contributed by atoms with Crippen molar-refractivity contribution in [3.63, 3.8) is 0 Å². The van der Waals surface area contributed by atoms with Crippen LogP contribution >= 0.6 is 0 Å². The van der Waals surface area contributed by atoms with Crippen molar-refractivity contribution < 1.29 is 4.74 Å². The van der Waals surface area contributed by atoms with Gasteiger partial charge in [0.05, 0.1) is 18.5 Å². The molecule has 0 aliphatic carbocycles. The largest absolute Gasteiger partial charge is 0.497 e. The maximum atomic E-state index is 5.06. The van der Waals surface area contributed by atoms with Crippen LogP contribution in [-0.2, 0) is 0 Å². The summed E-state index contributed by atoms with van der Waals surface area (Å²) < 4.78 is 5.06. The second-order valence-electron chi connectivity index (χ2n) is 2.63. The molecule has 12 heavy (non-hydrogen) atoms. The van der Waals surface area contributed by atoms with Gasteiger partial charge in [-0.05, 0) is 19.1 Å². The summed E-state index contributed by atoms with van der Waals surface area (Å²) in [5.41, 5.74) is 1.82. The normalized spacial score (nSPS) is 13.3. The molecule has 1 aliphatic rings. The standard InChI is InChI=1S/C9H9N2O/c1-6-10-8-4-3-7(12-2)5-9(8)11-6/h3-5H,1-2H3. The van der Waals surface area contributed by atoms with Crippen molar-refractivity contribution in [1.29, 1.82) is 0 Å². The van der Waals surface area contributed by atoms with Crippen LogP contribution < -0.4 is 10.1 Å². The summed E-state index contributed by atoms with van der Waals surface area (Å²) in [5, 5.41) is 4.23. The van der Waals surface area contributed by atoms with Gasteiger partial charge in [0.2, 0.25) is 0 Å². The van der Waals surface area contributed by atoms with Gasteiger partial charge in [-0.3, -0.25) is 0 Å². The molecule has 0 amide bonds. The van der Waals surface area contributed by atoms with E-state index in [1.165, 1.54) is 0 Å². The lowest BCUT2D eigenvalue weighted by molar-refractivity contribution is 0.415. The van der Waals surface area contributed by atoms with Gasteiger partial charge in [0.15, 0.2) is 0 Å². The second kappa shape index (κ2) is 2.52. The molecule has 61 valence electrons. The Morgan fingerprint density at radius 1 is 1.25 bits per heavy atom. The highest BCUT2D eigenvalue weighted by Crippen LogP contribution is 2.33. The first-order valence-corrected chi connectivity index (χ1v) is 3.74.